The summed E-state index contributed by atoms with van der Waals surface area (Å²) in [6.45, 7) is 4.40. The Bertz CT molecular complexity index is 1780. The molecule has 6 aromatic rings. The van der Waals surface area contributed by atoms with Gasteiger partial charge in [-0.05, 0) is 47.9 Å². The average Bonchev–Trinajstić information content (AvgIpc) is 3.43. The number of urea groups is 1. The Labute approximate surface area is 246 Å². The number of hydrogen-bond donors (Lipinski definition) is 2. The van der Waals surface area contributed by atoms with E-state index in [1.54, 1.807) is 0 Å². The number of aromatic nitrogens is 2. The van der Waals surface area contributed by atoms with Gasteiger partial charge in [0.1, 0.15) is 5.82 Å². The monoisotopic (exact) mass is 548 g/mol. The first-order valence-electron chi connectivity index (χ1n) is 14.1. The van der Waals surface area contributed by atoms with Crippen LogP contribution in [0.15, 0.2) is 140 Å². The Balaban J connectivity index is 1.46. The van der Waals surface area contributed by atoms with Gasteiger partial charge in [-0.1, -0.05) is 117 Å². The van der Waals surface area contributed by atoms with Gasteiger partial charge in [0.15, 0.2) is 0 Å². The van der Waals surface area contributed by atoms with Crippen LogP contribution in [0, 0.1) is 0 Å². The van der Waals surface area contributed by atoms with E-state index in [1.807, 2.05) is 78.9 Å². The van der Waals surface area contributed by atoms with Crippen LogP contribution in [0.5, 0.6) is 0 Å². The maximum atomic E-state index is 12.6. The number of hydrogen-bond acceptors (Lipinski definition) is 2. The largest absolute Gasteiger partial charge is 0.323 e. The molecule has 0 saturated heterocycles. The molecule has 2 N–H and O–H groups in total. The van der Waals surface area contributed by atoms with Crippen LogP contribution in [0.3, 0.4) is 0 Å². The van der Waals surface area contributed by atoms with Gasteiger partial charge in [0.05, 0.1) is 11.4 Å². The van der Waals surface area contributed by atoms with Crippen molar-refractivity contribution in [3.05, 3.63) is 145 Å². The van der Waals surface area contributed by atoms with E-state index in [-0.39, 0.29) is 6.03 Å². The Hall–Kier alpha value is -5.42. The number of benzene rings is 5. The lowest BCUT2D eigenvalue weighted by Crippen LogP contribution is -2.19. The highest BCUT2D eigenvalue weighted by atomic mass is 16.2. The summed E-state index contributed by atoms with van der Waals surface area (Å²) in [7, 11) is 0. The minimum absolute atomic E-state index is 0.293. The minimum Gasteiger partial charge on any atom is -0.308 e. The third kappa shape index (κ3) is 5.72. The van der Waals surface area contributed by atoms with Crippen molar-refractivity contribution in [1.82, 2.24) is 9.55 Å². The van der Waals surface area contributed by atoms with E-state index in [4.69, 9.17) is 4.98 Å². The maximum Gasteiger partial charge on any atom is 0.323 e. The number of amides is 2. The molecule has 1 heterocycles. The van der Waals surface area contributed by atoms with Crippen LogP contribution in [-0.2, 0) is 0 Å². The number of carbonyl (C=O) groups excluding carboxylic acids is 1. The fourth-order valence-electron chi connectivity index (χ4n) is 5.05. The number of nitrogens with zero attached hydrogens (tertiary/aromatic N) is 2. The van der Waals surface area contributed by atoms with Crippen LogP contribution in [0.1, 0.15) is 25.3 Å². The lowest BCUT2D eigenvalue weighted by atomic mass is 10.0. The molecule has 6 rings (SSSR count). The molecule has 42 heavy (non-hydrogen) atoms. The van der Waals surface area contributed by atoms with E-state index >= 15 is 0 Å². The SMILES string of the molecule is CC(C)c1ccc(-c2nc(-c3ccccc3)c(-c3ccccc3)n2-c2ccc(NC(=O)Nc3ccccc3)cc2)cc1. The molecule has 0 unspecified atom stereocenters. The number of carbonyl (C=O) groups is 1. The highest BCUT2D eigenvalue weighted by Crippen LogP contribution is 2.39. The molecule has 0 radical (unpaired) electrons. The number of nitrogens with one attached hydrogen (secondary N) is 2. The Kier molecular flexibility index (Phi) is 7.64. The standard InChI is InChI=1S/C37H32N4O/c1-26(2)27-18-20-30(21-19-27)36-40-34(28-12-6-3-7-13-28)35(29-14-8-4-9-15-29)41(36)33-24-22-32(23-25-33)39-37(42)38-31-16-10-5-11-17-31/h3-26H,1-2H3,(H2,38,39,42). The van der Waals surface area contributed by atoms with Gasteiger partial charge < -0.3 is 10.6 Å². The average molecular weight is 549 g/mol. The molecule has 5 aromatic carbocycles. The second kappa shape index (κ2) is 12.0. The van der Waals surface area contributed by atoms with Gasteiger partial charge in [0, 0.05) is 33.8 Å². The van der Waals surface area contributed by atoms with Crippen molar-refractivity contribution in [2.75, 3.05) is 10.6 Å². The molecule has 0 atom stereocenters. The molecule has 0 aliphatic heterocycles. The Morgan fingerprint density at radius 3 is 1.69 bits per heavy atom. The zero-order valence-electron chi connectivity index (χ0n) is 23.7. The van der Waals surface area contributed by atoms with Crippen LogP contribution >= 0.6 is 0 Å². The molecule has 1 aromatic heterocycles. The summed E-state index contributed by atoms with van der Waals surface area (Å²) in [4.78, 5) is 17.9. The smallest absolute Gasteiger partial charge is 0.308 e. The predicted octanol–water partition coefficient (Wildman–Crippen LogP) is 9.64. The van der Waals surface area contributed by atoms with Crippen LogP contribution in [0.4, 0.5) is 16.2 Å². The van der Waals surface area contributed by atoms with Gasteiger partial charge in [0.25, 0.3) is 0 Å². The number of rotatable bonds is 7. The van der Waals surface area contributed by atoms with Gasteiger partial charge in [-0.25, -0.2) is 9.78 Å². The van der Waals surface area contributed by atoms with E-state index in [2.05, 4.69) is 89.7 Å². The molecule has 0 fully saturated rings. The minimum atomic E-state index is -0.293. The zero-order chi connectivity index (χ0) is 28.9. The van der Waals surface area contributed by atoms with Crippen molar-refractivity contribution in [2.24, 2.45) is 0 Å². The highest BCUT2D eigenvalue weighted by molar-refractivity contribution is 5.99. The Morgan fingerprint density at radius 1 is 0.595 bits per heavy atom. The lowest BCUT2D eigenvalue weighted by molar-refractivity contribution is 0.262. The lowest BCUT2D eigenvalue weighted by Gasteiger charge is -2.15. The summed E-state index contributed by atoms with van der Waals surface area (Å²) in [6, 6.07) is 46.3. The first kappa shape index (κ1) is 26.8. The van der Waals surface area contributed by atoms with E-state index in [9.17, 15) is 4.79 Å². The number of imidazole rings is 1. The molecule has 0 saturated carbocycles. The molecule has 206 valence electrons. The van der Waals surface area contributed by atoms with Gasteiger partial charge in [-0.2, -0.15) is 0 Å². The van der Waals surface area contributed by atoms with Crippen molar-refractivity contribution in [3.8, 4) is 39.6 Å². The summed E-state index contributed by atoms with van der Waals surface area (Å²) < 4.78 is 2.22. The molecular weight excluding hydrogens is 516 g/mol. The van der Waals surface area contributed by atoms with Crippen molar-refractivity contribution >= 4 is 17.4 Å². The predicted molar refractivity (Wildman–Crippen MR) is 173 cm³/mol. The van der Waals surface area contributed by atoms with Crippen LogP contribution in [0.25, 0.3) is 39.6 Å². The fraction of sp³-hybridized carbons (Fsp3) is 0.0811. The second-order valence-electron chi connectivity index (χ2n) is 10.5. The molecule has 0 spiro atoms. The first-order valence-corrected chi connectivity index (χ1v) is 14.1. The number of para-hydroxylation sites is 1. The molecule has 5 heteroatoms. The van der Waals surface area contributed by atoms with E-state index in [0.717, 1.165) is 45.3 Å². The van der Waals surface area contributed by atoms with Crippen molar-refractivity contribution in [3.63, 3.8) is 0 Å². The third-order valence-electron chi connectivity index (χ3n) is 7.22. The topological polar surface area (TPSA) is 59.0 Å². The van der Waals surface area contributed by atoms with Crippen LogP contribution in [-0.4, -0.2) is 15.6 Å². The first-order chi connectivity index (χ1) is 20.6. The molecule has 0 aliphatic rings. The summed E-state index contributed by atoms with van der Waals surface area (Å²) >= 11 is 0. The summed E-state index contributed by atoms with van der Waals surface area (Å²) in [5, 5.41) is 5.80. The summed E-state index contributed by atoms with van der Waals surface area (Å²) in [5.74, 6) is 1.29. The summed E-state index contributed by atoms with van der Waals surface area (Å²) in [6.07, 6.45) is 0. The van der Waals surface area contributed by atoms with Crippen LogP contribution < -0.4 is 10.6 Å². The molecule has 0 bridgehead atoms. The number of anilines is 2. The molecular formula is C37H32N4O. The third-order valence-corrected chi connectivity index (χ3v) is 7.22. The molecule has 0 aliphatic carbocycles. The van der Waals surface area contributed by atoms with Crippen LogP contribution in [0.2, 0.25) is 0 Å². The quantitative estimate of drug-likeness (QED) is 0.209. The van der Waals surface area contributed by atoms with Crippen molar-refractivity contribution in [2.45, 2.75) is 19.8 Å². The second-order valence-corrected chi connectivity index (χ2v) is 10.5. The van der Waals surface area contributed by atoms with E-state index < -0.39 is 0 Å². The van der Waals surface area contributed by atoms with Crippen molar-refractivity contribution in [1.29, 1.82) is 0 Å². The maximum absolute atomic E-state index is 12.6. The van der Waals surface area contributed by atoms with E-state index in [1.165, 1.54) is 5.56 Å². The Morgan fingerprint density at radius 2 is 1.12 bits per heavy atom. The molecule has 2 amide bonds. The van der Waals surface area contributed by atoms with Crippen molar-refractivity contribution < 1.29 is 4.79 Å². The van der Waals surface area contributed by atoms with E-state index in [0.29, 0.717) is 11.6 Å². The van der Waals surface area contributed by atoms with Gasteiger partial charge in [-0.15, -0.1) is 0 Å². The van der Waals surface area contributed by atoms with Gasteiger partial charge in [0.2, 0.25) is 0 Å². The van der Waals surface area contributed by atoms with Gasteiger partial charge >= 0.3 is 6.03 Å². The fourth-order valence-corrected chi connectivity index (χ4v) is 5.05. The summed E-state index contributed by atoms with van der Waals surface area (Å²) in [5.41, 5.74) is 8.72. The highest BCUT2D eigenvalue weighted by Gasteiger charge is 2.22. The molecule has 5 nitrogen and oxygen atoms in total. The zero-order valence-corrected chi connectivity index (χ0v) is 23.7. The normalized spacial score (nSPS) is 10.9. The van der Waals surface area contributed by atoms with Gasteiger partial charge in [-0.3, -0.25) is 4.57 Å².